The Labute approximate surface area is 126 Å². The van der Waals surface area contributed by atoms with Crippen molar-refractivity contribution in [1.82, 2.24) is 0 Å². The van der Waals surface area contributed by atoms with Gasteiger partial charge in [0, 0.05) is 17.8 Å². The van der Waals surface area contributed by atoms with Crippen LogP contribution in [0.15, 0.2) is 30.3 Å². The first-order valence-electron chi connectivity index (χ1n) is 7.85. The number of hydrogen-bond donors (Lipinski definition) is 0. The van der Waals surface area contributed by atoms with Crippen LogP contribution in [0.4, 0.5) is 0 Å². The lowest BCUT2D eigenvalue weighted by atomic mass is 9.99. The summed E-state index contributed by atoms with van der Waals surface area (Å²) < 4.78 is 0. The van der Waals surface area contributed by atoms with Gasteiger partial charge in [-0.2, -0.15) is 0 Å². The Morgan fingerprint density at radius 3 is 2.48 bits per heavy atom. The van der Waals surface area contributed by atoms with Crippen molar-refractivity contribution >= 4 is 5.78 Å². The van der Waals surface area contributed by atoms with Crippen LogP contribution in [0.1, 0.15) is 57.4 Å². The van der Waals surface area contributed by atoms with E-state index in [1.807, 2.05) is 18.2 Å². The molecule has 0 spiro atoms. The zero-order chi connectivity index (χ0) is 15.5. The fourth-order valence-electron chi connectivity index (χ4n) is 2.41. The van der Waals surface area contributed by atoms with Gasteiger partial charge in [0.15, 0.2) is 0 Å². The van der Waals surface area contributed by atoms with Gasteiger partial charge in [0.25, 0.3) is 6.04 Å². The molecule has 1 aromatic rings. The molecule has 0 aromatic heterocycles. The van der Waals surface area contributed by atoms with Gasteiger partial charge in [-0.1, -0.05) is 50.1 Å². The summed E-state index contributed by atoms with van der Waals surface area (Å²) in [6, 6.07) is 9.07. The molecule has 0 aliphatic carbocycles. The third-order valence-corrected chi connectivity index (χ3v) is 3.69. The maximum Gasteiger partial charge on any atom is 0.270 e. The second-order valence-corrected chi connectivity index (χ2v) is 5.46. The van der Waals surface area contributed by atoms with E-state index in [9.17, 15) is 14.9 Å². The summed E-state index contributed by atoms with van der Waals surface area (Å²) in [6.07, 6.45) is 5.98. The summed E-state index contributed by atoms with van der Waals surface area (Å²) in [5.41, 5.74) is 1.24. The van der Waals surface area contributed by atoms with E-state index in [1.54, 1.807) is 0 Å². The van der Waals surface area contributed by atoms with Crippen LogP contribution in [0.25, 0.3) is 0 Å². The first-order chi connectivity index (χ1) is 10.1. The van der Waals surface area contributed by atoms with Crippen LogP contribution >= 0.6 is 0 Å². The Balaban J connectivity index is 2.30. The van der Waals surface area contributed by atoms with Crippen molar-refractivity contribution in [3.8, 4) is 0 Å². The predicted molar refractivity (Wildman–Crippen MR) is 83.9 cm³/mol. The Hall–Kier alpha value is -1.71. The normalized spacial score (nSPS) is 12.0. The third kappa shape index (κ3) is 7.02. The van der Waals surface area contributed by atoms with E-state index in [4.69, 9.17) is 0 Å². The van der Waals surface area contributed by atoms with Crippen LogP contribution in [0, 0.1) is 10.1 Å². The Morgan fingerprint density at radius 1 is 1.14 bits per heavy atom. The largest absolute Gasteiger partial charge is 0.292 e. The minimum atomic E-state index is -1.00. The van der Waals surface area contributed by atoms with Crippen LogP contribution in [0.2, 0.25) is 0 Å². The van der Waals surface area contributed by atoms with Gasteiger partial charge in [0.2, 0.25) is 5.78 Å². The molecule has 1 rings (SSSR count). The molecule has 0 fully saturated rings. The Kier molecular flexibility index (Phi) is 8.32. The van der Waals surface area contributed by atoms with Crippen LogP contribution in [-0.4, -0.2) is 16.7 Å². The number of rotatable bonds is 11. The van der Waals surface area contributed by atoms with Gasteiger partial charge in [-0.15, -0.1) is 0 Å². The molecule has 0 radical (unpaired) electrons. The molecule has 21 heavy (non-hydrogen) atoms. The van der Waals surface area contributed by atoms with Crippen molar-refractivity contribution in [2.45, 2.75) is 64.3 Å². The van der Waals surface area contributed by atoms with E-state index >= 15 is 0 Å². The van der Waals surface area contributed by atoms with Crippen LogP contribution in [0.5, 0.6) is 0 Å². The highest BCUT2D eigenvalue weighted by molar-refractivity contribution is 5.82. The van der Waals surface area contributed by atoms with Crippen molar-refractivity contribution in [1.29, 1.82) is 0 Å². The monoisotopic (exact) mass is 291 g/mol. The van der Waals surface area contributed by atoms with Crippen LogP contribution in [0.3, 0.4) is 0 Å². The Morgan fingerprint density at radius 2 is 1.86 bits per heavy atom. The van der Waals surface area contributed by atoms with Gasteiger partial charge in [-0.25, -0.2) is 0 Å². The lowest BCUT2D eigenvalue weighted by Gasteiger charge is -2.08. The molecule has 1 aromatic carbocycles. The maximum absolute atomic E-state index is 11.9. The van der Waals surface area contributed by atoms with E-state index in [2.05, 4.69) is 19.1 Å². The van der Waals surface area contributed by atoms with Gasteiger partial charge in [-0.3, -0.25) is 14.9 Å². The van der Waals surface area contributed by atoms with Gasteiger partial charge >= 0.3 is 0 Å². The summed E-state index contributed by atoms with van der Waals surface area (Å²) in [6.45, 7) is 2.05. The van der Waals surface area contributed by atoms with E-state index in [0.717, 1.165) is 38.5 Å². The molecular formula is C17H25NO3. The molecular weight excluding hydrogens is 266 g/mol. The summed E-state index contributed by atoms with van der Waals surface area (Å²) >= 11 is 0. The van der Waals surface area contributed by atoms with Crippen molar-refractivity contribution in [2.24, 2.45) is 0 Å². The number of hydrogen-bond acceptors (Lipinski definition) is 3. The zero-order valence-corrected chi connectivity index (χ0v) is 12.8. The van der Waals surface area contributed by atoms with E-state index in [0.29, 0.717) is 12.8 Å². The average molecular weight is 291 g/mol. The molecule has 0 saturated carbocycles. The zero-order valence-electron chi connectivity index (χ0n) is 12.8. The molecule has 1 atom stereocenters. The van der Waals surface area contributed by atoms with Gasteiger partial charge < -0.3 is 0 Å². The summed E-state index contributed by atoms with van der Waals surface area (Å²) in [4.78, 5) is 22.5. The number of Topliss-reactive ketones (excluding diaryl/α,β-unsaturated/α-hetero) is 1. The number of ketones is 1. The number of unbranched alkanes of at least 4 members (excludes halogenated alkanes) is 3. The predicted octanol–water partition coefficient (Wildman–Crippen LogP) is 4.19. The Bertz CT molecular complexity index is 431. The molecule has 0 N–H and O–H groups in total. The highest BCUT2D eigenvalue weighted by atomic mass is 16.6. The van der Waals surface area contributed by atoms with E-state index < -0.39 is 11.0 Å². The third-order valence-electron chi connectivity index (χ3n) is 3.69. The second-order valence-electron chi connectivity index (χ2n) is 5.46. The van der Waals surface area contributed by atoms with Crippen molar-refractivity contribution in [2.75, 3.05) is 0 Å². The number of nitrogens with zero attached hydrogens (tertiary/aromatic N) is 1. The number of benzene rings is 1. The number of aryl methyl sites for hydroxylation is 1. The number of carbonyl (C=O) groups excluding carboxylic acids is 1. The minimum Gasteiger partial charge on any atom is -0.292 e. The first kappa shape index (κ1) is 17.3. The van der Waals surface area contributed by atoms with E-state index in [-0.39, 0.29) is 5.78 Å². The molecule has 0 aliphatic heterocycles. The SMILES string of the molecule is CCCCCC(=O)C(CCCCc1ccccc1)[N+](=O)[O-]. The van der Waals surface area contributed by atoms with Crippen molar-refractivity contribution < 1.29 is 9.72 Å². The first-order valence-corrected chi connectivity index (χ1v) is 7.85. The maximum atomic E-state index is 11.9. The topological polar surface area (TPSA) is 60.2 Å². The van der Waals surface area contributed by atoms with Crippen LogP contribution in [-0.2, 0) is 11.2 Å². The molecule has 0 heterocycles. The summed E-state index contributed by atoms with van der Waals surface area (Å²) in [5, 5.41) is 11.0. The fraction of sp³-hybridized carbons (Fsp3) is 0.588. The summed E-state index contributed by atoms with van der Waals surface area (Å²) in [5.74, 6) is -0.201. The highest BCUT2D eigenvalue weighted by Crippen LogP contribution is 2.12. The standard InChI is InChI=1S/C17H25NO3/c1-2-3-5-14-17(19)16(18(20)21)13-9-8-12-15-10-6-4-7-11-15/h4,6-7,10-11,16H,2-3,5,8-9,12-14H2,1H3. The smallest absolute Gasteiger partial charge is 0.270 e. The molecule has 0 saturated heterocycles. The number of nitro groups is 1. The molecule has 4 nitrogen and oxygen atoms in total. The molecule has 0 amide bonds. The quantitative estimate of drug-likeness (QED) is 0.349. The average Bonchev–Trinajstić information content (AvgIpc) is 2.48. The van der Waals surface area contributed by atoms with Gasteiger partial charge in [0.1, 0.15) is 0 Å². The second kappa shape index (κ2) is 10.1. The van der Waals surface area contributed by atoms with Gasteiger partial charge in [0.05, 0.1) is 0 Å². The molecule has 0 aliphatic rings. The van der Waals surface area contributed by atoms with Crippen molar-refractivity contribution in [3.05, 3.63) is 46.0 Å². The molecule has 0 bridgehead atoms. The molecule has 4 heteroatoms. The molecule has 116 valence electrons. The van der Waals surface area contributed by atoms with Crippen molar-refractivity contribution in [3.63, 3.8) is 0 Å². The molecule has 1 unspecified atom stereocenters. The minimum absolute atomic E-state index is 0.201. The van der Waals surface area contributed by atoms with Gasteiger partial charge in [-0.05, 0) is 31.2 Å². The highest BCUT2D eigenvalue weighted by Gasteiger charge is 2.27. The summed E-state index contributed by atoms with van der Waals surface area (Å²) in [7, 11) is 0. The van der Waals surface area contributed by atoms with E-state index in [1.165, 1.54) is 5.56 Å². The lowest BCUT2D eigenvalue weighted by molar-refractivity contribution is -0.508. The lowest BCUT2D eigenvalue weighted by Crippen LogP contribution is -2.29. The fourth-order valence-corrected chi connectivity index (χ4v) is 2.41. The van der Waals surface area contributed by atoms with Crippen LogP contribution < -0.4 is 0 Å². The number of carbonyl (C=O) groups is 1.